The van der Waals surface area contributed by atoms with Crippen LogP contribution in [-0.4, -0.2) is 49.8 Å². The fourth-order valence-corrected chi connectivity index (χ4v) is 5.69. The molecule has 49 heavy (non-hydrogen) atoms. The van der Waals surface area contributed by atoms with Gasteiger partial charge in [-0.05, 0) is 27.8 Å². The largest absolute Gasteiger partial charge is 0.466 e. The van der Waals surface area contributed by atoms with Crippen molar-refractivity contribution in [2.24, 2.45) is 5.11 Å². The van der Waals surface area contributed by atoms with E-state index in [1.54, 1.807) is 6.08 Å². The Kier molecular flexibility index (Phi) is 13.5. The predicted octanol–water partition coefficient (Wildman–Crippen LogP) is 7.48. The van der Waals surface area contributed by atoms with Crippen LogP contribution in [-0.2, 0) is 59.6 Å². The fraction of sp³-hybridized carbons (Fsp3) is 0.308. The molecule has 1 saturated heterocycles. The molecule has 5 rings (SSSR count). The molecule has 0 N–H and O–H groups in total. The van der Waals surface area contributed by atoms with Crippen molar-refractivity contribution in [2.45, 2.75) is 63.0 Å². The normalized spacial score (nSPS) is 22.0. The summed E-state index contributed by atoms with van der Waals surface area (Å²) in [6.07, 6.45) is -0.443. The molecule has 10 nitrogen and oxygen atoms in total. The number of ether oxygens (including phenoxy) is 6. The Hall–Kier alpha value is -4.80. The summed E-state index contributed by atoms with van der Waals surface area (Å²) in [7, 11) is 1.29. The molecule has 0 aromatic heterocycles. The maximum Gasteiger partial charge on any atom is 0.330 e. The Labute approximate surface area is 286 Å². The number of nitrogens with zero attached hydrogens (tertiary/aromatic N) is 3. The number of benzene rings is 4. The van der Waals surface area contributed by atoms with Crippen molar-refractivity contribution in [1.29, 1.82) is 0 Å². The molecule has 0 spiro atoms. The summed E-state index contributed by atoms with van der Waals surface area (Å²) >= 11 is 0. The number of hydrogen-bond acceptors (Lipinski definition) is 8. The van der Waals surface area contributed by atoms with Crippen LogP contribution in [0, 0.1) is 0 Å². The fourth-order valence-electron chi connectivity index (χ4n) is 5.69. The van der Waals surface area contributed by atoms with Gasteiger partial charge in [0.05, 0.1) is 40.1 Å². The molecule has 1 aliphatic rings. The van der Waals surface area contributed by atoms with E-state index in [4.69, 9.17) is 28.4 Å². The Morgan fingerprint density at radius 2 is 1.20 bits per heavy atom. The van der Waals surface area contributed by atoms with Crippen LogP contribution in [0.1, 0.15) is 28.7 Å². The van der Waals surface area contributed by atoms with Crippen LogP contribution in [0.2, 0.25) is 0 Å². The van der Waals surface area contributed by atoms with E-state index >= 15 is 0 Å². The highest BCUT2D eigenvalue weighted by Gasteiger charge is 2.56. The van der Waals surface area contributed by atoms with Gasteiger partial charge in [-0.1, -0.05) is 133 Å². The Bertz CT molecular complexity index is 1640. The lowest BCUT2D eigenvalue weighted by Crippen LogP contribution is -2.66. The molecule has 0 radical (unpaired) electrons. The van der Waals surface area contributed by atoms with Gasteiger partial charge >= 0.3 is 5.97 Å². The average Bonchev–Trinajstić information content (AvgIpc) is 3.15. The first-order valence-corrected chi connectivity index (χ1v) is 16.2. The quantitative estimate of drug-likeness (QED) is 0.0377. The van der Waals surface area contributed by atoms with Gasteiger partial charge in [-0.15, -0.1) is 0 Å². The van der Waals surface area contributed by atoms with E-state index in [2.05, 4.69) is 10.0 Å². The highest BCUT2D eigenvalue weighted by molar-refractivity contribution is 5.81. The molecule has 4 aromatic rings. The summed E-state index contributed by atoms with van der Waals surface area (Å²) in [5.74, 6) is -0.558. The van der Waals surface area contributed by atoms with Crippen LogP contribution in [0.5, 0.6) is 0 Å². The van der Waals surface area contributed by atoms with Crippen LogP contribution < -0.4 is 0 Å². The highest BCUT2D eigenvalue weighted by atomic mass is 16.6. The minimum absolute atomic E-state index is 0.0165. The minimum Gasteiger partial charge on any atom is -0.466 e. The number of esters is 1. The predicted molar refractivity (Wildman–Crippen MR) is 184 cm³/mol. The molecule has 0 amide bonds. The Morgan fingerprint density at radius 1 is 0.735 bits per heavy atom. The van der Waals surface area contributed by atoms with Crippen molar-refractivity contribution >= 4 is 5.97 Å². The maximum absolute atomic E-state index is 12.1. The lowest BCUT2D eigenvalue weighted by atomic mass is 9.88. The molecule has 10 heteroatoms. The van der Waals surface area contributed by atoms with Crippen molar-refractivity contribution in [3.05, 3.63) is 166 Å². The Morgan fingerprint density at radius 3 is 1.69 bits per heavy atom. The monoisotopic (exact) mass is 663 g/mol. The first-order valence-electron chi connectivity index (χ1n) is 16.2. The molecule has 254 valence electrons. The van der Waals surface area contributed by atoms with Gasteiger partial charge in [-0.3, -0.25) is 0 Å². The second-order valence-electron chi connectivity index (χ2n) is 11.6. The second kappa shape index (κ2) is 18.7. The summed E-state index contributed by atoms with van der Waals surface area (Å²) in [4.78, 5) is 15.3. The molecule has 1 fully saturated rings. The van der Waals surface area contributed by atoms with Gasteiger partial charge in [0.1, 0.15) is 24.4 Å². The summed E-state index contributed by atoms with van der Waals surface area (Å²) in [5, 5.41) is 4.24. The second-order valence-corrected chi connectivity index (χ2v) is 11.6. The standard InChI is InChI=1S/C39H41N3O7/c1-44-35(43)23-14-24-39(41-42-40)38(48-28-33-21-12-5-13-22-33)37(47-27-32-19-10-4-11-20-32)36(46-26-31-17-8-3-9-18-31)34(49-39)29-45-25-30-15-6-2-7-16-30/h2-23,34,36-38H,24-29H2,1H3/b23-14+/t34-,36-,37+,38-,39+/m1/s1. The zero-order chi connectivity index (χ0) is 34.2. The molecule has 0 aliphatic carbocycles. The van der Waals surface area contributed by atoms with Crippen molar-refractivity contribution in [1.82, 2.24) is 0 Å². The van der Waals surface area contributed by atoms with Gasteiger partial charge in [0, 0.05) is 17.4 Å². The lowest BCUT2D eigenvalue weighted by molar-refractivity contribution is -0.306. The third-order valence-electron chi connectivity index (χ3n) is 8.10. The number of carbonyl (C=O) groups is 1. The average molecular weight is 664 g/mol. The number of rotatable bonds is 17. The molecule has 1 aliphatic heterocycles. The topological polar surface area (TPSA) is 121 Å². The van der Waals surface area contributed by atoms with Crippen molar-refractivity contribution in [3.8, 4) is 0 Å². The third kappa shape index (κ3) is 10.3. The van der Waals surface area contributed by atoms with E-state index in [9.17, 15) is 10.3 Å². The van der Waals surface area contributed by atoms with Gasteiger partial charge < -0.3 is 28.4 Å². The third-order valence-corrected chi connectivity index (χ3v) is 8.10. The molecule has 0 saturated carbocycles. The lowest BCUT2D eigenvalue weighted by Gasteiger charge is -2.50. The van der Waals surface area contributed by atoms with Crippen molar-refractivity contribution in [3.63, 3.8) is 0 Å². The zero-order valence-corrected chi connectivity index (χ0v) is 27.5. The van der Waals surface area contributed by atoms with Crippen molar-refractivity contribution in [2.75, 3.05) is 13.7 Å². The van der Waals surface area contributed by atoms with E-state index in [0.717, 1.165) is 22.3 Å². The SMILES string of the molecule is COC(=O)/C=C/C[C@]1(N=[N+]=[N-])O[C@H](COCc2ccccc2)[C@@H](OCc2ccccc2)[C@H](OCc2ccccc2)[C@H]1OCc1ccccc1. The highest BCUT2D eigenvalue weighted by Crippen LogP contribution is 2.40. The van der Waals surface area contributed by atoms with E-state index in [0.29, 0.717) is 6.61 Å². The molecular weight excluding hydrogens is 622 g/mol. The molecular formula is C39H41N3O7. The van der Waals surface area contributed by atoms with Gasteiger partial charge in [0.2, 0.25) is 0 Å². The molecule has 4 aromatic carbocycles. The zero-order valence-electron chi connectivity index (χ0n) is 27.5. The summed E-state index contributed by atoms with van der Waals surface area (Å²) in [6, 6.07) is 39.0. The molecule has 5 atom stereocenters. The van der Waals surface area contributed by atoms with Crippen molar-refractivity contribution < 1.29 is 33.2 Å². The maximum atomic E-state index is 12.1. The van der Waals surface area contributed by atoms with Crippen LogP contribution in [0.15, 0.2) is 139 Å². The molecule has 0 bridgehead atoms. The smallest absolute Gasteiger partial charge is 0.330 e. The van der Waals surface area contributed by atoms with Crippen LogP contribution in [0.3, 0.4) is 0 Å². The van der Waals surface area contributed by atoms with E-state index in [1.807, 2.05) is 121 Å². The van der Waals surface area contributed by atoms with Gasteiger partial charge in [-0.25, -0.2) is 4.79 Å². The minimum atomic E-state index is -1.65. The number of methoxy groups -OCH3 is 1. The molecule has 0 unspecified atom stereocenters. The first kappa shape index (κ1) is 35.5. The van der Waals surface area contributed by atoms with Gasteiger partial charge in [0.15, 0.2) is 5.72 Å². The number of hydrogen-bond donors (Lipinski definition) is 0. The summed E-state index contributed by atoms with van der Waals surface area (Å²) in [6.45, 7) is 1.08. The van der Waals surface area contributed by atoms with E-state index in [1.165, 1.54) is 13.2 Å². The van der Waals surface area contributed by atoms with Crippen LogP contribution in [0.25, 0.3) is 10.4 Å². The summed E-state index contributed by atoms with van der Waals surface area (Å²) < 4.78 is 37.8. The summed E-state index contributed by atoms with van der Waals surface area (Å²) in [5.41, 5.74) is 12.1. The molecule has 1 heterocycles. The van der Waals surface area contributed by atoms with E-state index in [-0.39, 0.29) is 32.8 Å². The van der Waals surface area contributed by atoms with Crippen LogP contribution >= 0.6 is 0 Å². The Balaban J connectivity index is 1.54. The van der Waals surface area contributed by atoms with E-state index < -0.39 is 36.1 Å². The van der Waals surface area contributed by atoms with Gasteiger partial charge in [0.25, 0.3) is 0 Å². The number of azide groups is 1. The van der Waals surface area contributed by atoms with Crippen LogP contribution in [0.4, 0.5) is 0 Å². The van der Waals surface area contributed by atoms with Gasteiger partial charge in [-0.2, -0.15) is 0 Å². The number of carbonyl (C=O) groups excluding carboxylic acids is 1. The first-order chi connectivity index (χ1) is 24.1.